The Morgan fingerprint density at radius 2 is 1.91 bits per heavy atom. The molecule has 4 heteroatoms. The highest BCUT2D eigenvalue weighted by Crippen LogP contribution is 2.45. The van der Waals surface area contributed by atoms with E-state index in [9.17, 15) is 4.39 Å². The normalized spacial score (nSPS) is 16.1. The minimum Gasteiger partial charge on any atom is -0.485 e. The third kappa shape index (κ3) is 2.90. The Morgan fingerprint density at radius 1 is 1.18 bits per heavy atom. The van der Waals surface area contributed by atoms with Crippen molar-refractivity contribution in [3.8, 4) is 5.75 Å². The van der Waals surface area contributed by atoms with Gasteiger partial charge in [-0.3, -0.25) is 0 Å². The van der Waals surface area contributed by atoms with Crippen LogP contribution in [0.4, 0.5) is 4.39 Å². The van der Waals surface area contributed by atoms with Gasteiger partial charge in [-0.15, -0.1) is 0 Å². The van der Waals surface area contributed by atoms with Crippen molar-refractivity contribution in [1.82, 2.24) is 0 Å². The second-order valence-corrected chi connectivity index (χ2v) is 6.74. The van der Waals surface area contributed by atoms with Gasteiger partial charge in [0.2, 0.25) is 0 Å². The molecule has 0 atom stereocenters. The van der Waals surface area contributed by atoms with Crippen LogP contribution >= 0.6 is 15.9 Å². The van der Waals surface area contributed by atoms with Crippen LogP contribution in [0.3, 0.4) is 0 Å². The van der Waals surface area contributed by atoms with E-state index < -0.39 is 0 Å². The number of rotatable bonds is 5. The van der Waals surface area contributed by atoms with Crippen molar-refractivity contribution in [1.29, 1.82) is 0 Å². The van der Waals surface area contributed by atoms with E-state index in [0.29, 0.717) is 17.6 Å². The minimum absolute atomic E-state index is 0.0542. The summed E-state index contributed by atoms with van der Waals surface area (Å²) in [5.41, 5.74) is 7.83. The summed E-state index contributed by atoms with van der Waals surface area (Å²) in [4.78, 5) is 0. The molecule has 0 aliphatic heterocycles. The first-order valence-corrected chi connectivity index (χ1v) is 8.30. The minimum atomic E-state index is -0.333. The van der Waals surface area contributed by atoms with E-state index in [2.05, 4.69) is 15.9 Å². The Labute approximate surface area is 138 Å². The molecule has 2 nitrogen and oxygen atoms in total. The summed E-state index contributed by atoms with van der Waals surface area (Å²) in [6.45, 7) is 0.904. The molecule has 0 spiro atoms. The Balaban J connectivity index is 1.81. The molecule has 1 aliphatic rings. The van der Waals surface area contributed by atoms with Crippen molar-refractivity contribution in [3.63, 3.8) is 0 Å². The standard InChI is InChI=1S/C18H19BrFNO/c19-15-9-14(18(12-21)7-4-8-18)10-16(20)17(15)22-11-13-5-2-1-3-6-13/h1-3,5-6,9-10H,4,7-8,11-12,21H2. The molecule has 0 aromatic heterocycles. The fraction of sp³-hybridized carbons (Fsp3) is 0.333. The van der Waals surface area contributed by atoms with Crippen LogP contribution in [0.15, 0.2) is 46.9 Å². The van der Waals surface area contributed by atoms with Crippen molar-refractivity contribution >= 4 is 15.9 Å². The molecule has 22 heavy (non-hydrogen) atoms. The van der Waals surface area contributed by atoms with Gasteiger partial charge in [-0.25, -0.2) is 4.39 Å². The second kappa shape index (κ2) is 6.39. The van der Waals surface area contributed by atoms with Crippen molar-refractivity contribution in [2.24, 2.45) is 5.73 Å². The van der Waals surface area contributed by atoms with Crippen LogP contribution in [0, 0.1) is 5.82 Å². The molecule has 2 N–H and O–H groups in total. The molecular formula is C18H19BrFNO. The Morgan fingerprint density at radius 3 is 2.45 bits per heavy atom. The average molecular weight is 364 g/mol. The summed E-state index contributed by atoms with van der Waals surface area (Å²) >= 11 is 3.44. The molecule has 1 saturated carbocycles. The van der Waals surface area contributed by atoms with E-state index in [4.69, 9.17) is 10.5 Å². The zero-order valence-electron chi connectivity index (χ0n) is 12.3. The van der Waals surface area contributed by atoms with E-state index in [0.717, 1.165) is 30.4 Å². The molecule has 0 heterocycles. The van der Waals surface area contributed by atoms with Crippen LogP contribution in [-0.4, -0.2) is 6.54 Å². The molecule has 0 bridgehead atoms. The maximum atomic E-state index is 14.4. The maximum Gasteiger partial charge on any atom is 0.169 e. The molecule has 3 rings (SSSR count). The van der Waals surface area contributed by atoms with Crippen LogP contribution in [0.25, 0.3) is 0 Å². The quantitative estimate of drug-likeness (QED) is 0.845. The summed E-state index contributed by atoms with van der Waals surface area (Å²) in [6.07, 6.45) is 3.21. The number of hydrogen-bond donors (Lipinski definition) is 1. The molecule has 0 unspecified atom stereocenters. The monoisotopic (exact) mass is 363 g/mol. The summed E-state index contributed by atoms with van der Waals surface area (Å²) in [5.74, 6) is -0.0703. The fourth-order valence-electron chi connectivity index (χ4n) is 2.95. The summed E-state index contributed by atoms with van der Waals surface area (Å²) in [6, 6.07) is 13.3. The van der Waals surface area contributed by atoms with Crippen LogP contribution in [0.5, 0.6) is 5.75 Å². The predicted octanol–water partition coefficient (Wildman–Crippen LogP) is 4.55. The Hall–Kier alpha value is -1.39. The van der Waals surface area contributed by atoms with Gasteiger partial charge in [0.05, 0.1) is 4.47 Å². The zero-order chi connectivity index (χ0) is 15.6. The molecular weight excluding hydrogens is 345 g/mol. The van der Waals surface area contributed by atoms with Gasteiger partial charge >= 0.3 is 0 Å². The van der Waals surface area contributed by atoms with E-state index in [1.165, 1.54) is 0 Å². The third-order valence-corrected chi connectivity index (χ3v) is 5.13. The molecule has 2 aromatic rings. The highest BCUT2D eigenvalue weighted by atomic mass is 79.9. The number of benzene rings is 2. The van der Waals surface area contributed by atoms with Crippen LogP contribution in [0.1, 0.15) is 30.4 Å². The van der Waals surface area contributed by atoms with Gasteiger partial charge in [-0.1, -0.05) is 36.8 Å². The average Bonchev–Trinajstić information content (AvgIpc) is 2.47. The smallest absolute Gasteiger partial charge is 0.169 e. The van der Waals surface area contributed by atoms with Gasteiger partial charge in [0.15, 0.2) is 11.6 Å². The molecule has 116 valence electrons. The van der Waals surface area contributed by atoms with Gasteiger partial charge in [-0.05, 0) is 52.0 Å². The van der Waals surface area contributed by atoms with Gasteiger partial charge in [0.25, 0.3) is 0 Å². The van der Waals surface area contributed by atoms with Crippen molar-refractivity contribution in [2.75, 3.05) is 6.54 Å². The van der Waals surface area contributed by atoms with Crippen molar-refractivity contribution in [2.45, 2.75) is 31.3 Å². The van der Waals surface area contributed by atoms with Gasteiger partial charge in [0.1, 0.15) is 6.61 Å². The van der Waals surface area contributed by atoms with Crippen LogP contribution in [0.2, 0.25) is 0 Å². The molecule has 0 amide bonds. The third-order valence-electron chi connectivity index (χ3n) is 4.54. The first-order valence-electron chi connectivity index (χ1n) is 7.51. The van der Waals surface area contributed by atoms with Crippen molar-refractivity contribution in [3.05, 3.63) is 63.9 Å². The SMILES string of the molecule is NCC1(c2cc(F)c(OCc3ccccc3)c(Br)c2)CCC1. The molecule has 2 aromatic carbocycles. The predicted molar refractivity (Wildman–Crippen MR) is 89.5 cm³/mol. The Kier molecular flexibility index (Phi) is 4.50. The first-order chi connectivity index (χ1) is 10.6. The topological polar surface area (TPSA) is 35.2 Å². The Bertz CT molecular complexity index is 627. The first kappa shape index (κ1) is 15.5. The zero-order valence-corrected chi connectivity index (χ0v) is 13.9. The molecule has 1 aliphatic carbocycles. The number of hydrogen-bond acceptors (Lipinski definition) is 2. The number of ether oxygens (including phenoxy) is 1. The molecule has 0 saturated heterocycles. The molecule has 1 fully saturated rings. The van der Waals surface area contributed by atoms with E-state index in [1.807, 2.05) is 36.4 Å². The maximum absolute atomic E-state index is 14.4. The summed E-state index contributed by atoms with van der Waals surface area (Å²) in [7, 11) is 0. The lowest BCUT2D eigenvalue weighted by molar-refractivity contribution is 0.249. The van der Waals surface area contributed by atoms with Gasteiger partial charge in [0, 0.05) is 12.0 Å². The summed E-state index contributed by atoms with van der Waals surface area (Å²) < 4.78 is 20.7. The lowest BCUT2D eigenvalue weighted by atomic mass is 9.64. The highest BCUT2D eigenvalue weighted by Gasteiger charge is 2.38. The highest BCUT2D eigenvalue weighted by molar-refractivity contribution is 9.10. The van der Waals surface area contributed by atoms with Gasteiger partial charge in [-0.2, -0.15) is 0 Å². The second-order valence-electron chi connectivity index (χ2n) is 5.88. The molecule has 0 radical (unpaired) electrons. The largest absolute Gasteiger partial charge is 0.485 e. The van der Waals surface area contributed by atoms with E-state index in [-0.39, 0.29) is 17.0 Å². The summed E-state index contributed by atoms with van der Waals surface area (Å²) in [5, 5.41) is 0. The number of nitrogens with two attached hydrogens (primary N) is 1. The van der Waals surface area contributed by atoms with E-state index in [1.54, 1.807) is 6.07 Å². The number of halogens is 2. The fourth-order valence-corrected chi connectivity index (χ4v) is 3.50. The van der Waals surface area contributed by atoms with E-state index >= 15 is 0 Å². The van der Waals surface area contributed by atoms with Crippen molar-refractivity contribution < 1.29 is 9.13 Å². The lowest BCUT2D eigenvalue weighted by Gasteiger charge is -2.41. The van der Waals surface area contributed by atoms with Crippen LogP contribution < -0.4 is 10.5 Å². The lowest BCUT2D eigenvalue weighted by Crippen LogP contribution is -2.41. The van der Waals surface area contributed by atoms with Gasteiger partial charge < -0.3 is 10.5 Å². The van der Waals surface area contributed by atoms with Crippen LogP contribution in [-0.2, 0) is 12.0 Å².